The van der Waals surface area contributed by atoms with Crippen LogP contribution in [0.15, 0.2) is 46.0 Å². The van der Waals surface area contributed by atoms with E-state index in [0.717, 1.165) is 11.1 Å². The molecular weight excluding hydrogens is 328 g/mol. The summed E-state index contributed by atoms with van der Waals surface area (Å²) in [5, 5.41) is 0. The number of sulfonamides is 1. The molecule has 100 valence electrons. The van der Waals surface area contributed by atoms with Crippen LogP contribution in [0.5, 0.6) is 0 Å². The highest BCUT2D eigenvalue weighted by atomic mass is 79.9. The molecule has 1 aromatic carbocycles. The Morgan fingerprint density at radius 2 is 1.84 bits per heavy atom. The SMILES string of the molecule is Cc1ccc(NS(=O)(=O)c2cncc(Br)c2)cc1C. The van der Waals surface area contributed by atoms with Crippen molar-refractivity contribution in [2.75, 3.05) is 4.72 Å². The van der Waals surface area contributed by atoms with Gasteiger partial charge in [-0.05, 0) is 59.1 Å². The highest BCUT2D eigenvalue weighted by Crippen LogP contribution is 2.20. The quantitative estimate of drug-likeness (QED) is 0.932. The molecule has 0 unspecified atom stereocenters. The zero-order valence-electron chi connectivity index (χ0n) is 10.5. The lowest BCUT2D eigenvalue weighted by molar-refractivity contribution is 0.600. The molecule has 19 heavy (non-hydrogen) atoms. The Morgan fingerprint density at radius 1 is 1.11 bits per heavy atom. The summed E-state index contributed by atoms with van der Waals surface area (Å²) in [6.45, 7) is 3.92. The van der Waals surface area contributed by atoms with Gasteiger partial charge in [0.05, 0.1) is 0 Å². The lowest BCUT2D eigenvalue weighted by Crippen LogP contribution is -2.13. The van der Waals surface area contributed by atoms with Crippen LogP contribution in [0.3, 0.4) is 0 Å². The number of hydrogen-bond donors (Lipinski definition) is 1. The molecule has 1 aromatic heterocycles. The summed E-state index contributed by atoms with van der Waals surface area (Å²) < 4.78 is 27.5. The molecule has 0 saturated carbocycles. The largest absolute Gasteiger partial charge is 0.280 e. The van der Waals surface area contributed by atoms with Crippen LogP contribution in [0.2, 0.25) is 0 Å². The van der Waals surface area contributed by atoms with Crippen LogP contribution in [0.4, 0.5) is 5.69 Å². The average Bonchev–Trinajstić information content (AvgIpc) is 2.33. The number of nitrogens with zero attached hydrogens (tertiary/aromatic N) is 1. The molecule has 0 bridgehead atoms. The number of aryl methyl sites for hydroxylation is 2. The second-order valence-electron chi connectivity index (χ2n) is 4.24. The van der Waals surface area contributed by atoms with Gasteiger partial charge in [0.25, 0.3) is 10.0 Å². The molecule has 0 spiro atoms. The van der Waals surface area contributed by atoms with Crippen molar-refractivity contribution >= 4 is 31.6 Å². The summed E-state index contributed by atoms with van der Waals surface area (Å²) in [6.07, 6.45) is 2.85. The molecule has 1 heterocycles. The van der Waals surface area contributed by atoms with Gasteiger partial charge in [0.2, 0.25) is 0 Å². The number of rotatable bonds is 3. The van der Waals surface area contributed by atoms with Crippen molar-refractivity contribution in [2.24, 2.45) is 0 Å². The van der Waals surface area contributed by atoms with Crippen molar-refractivity contribution in [2.45, 2.75) is 18.7 Å². The fraction of sp³-hybridized carbons (Fsp3) is 0.154. The Bertz CT molecular complexity index is 714. The van der Waals surface area contributed by atoms with Crippen molar-refractivity contribution < 1.29 is 8.42 Å². The van der Waals surface area contributed by atoms with Crippen molar-refractivity contribution in [1.29, 1.82) is 0 Å². The third-order valence-corrected chi connectivity index (χ3v) is 4.53. The van der Waals surface area contributed by atoms with E-state index in [1.54, 1.807) is 12.1 Å². The lowest BCUT2D eigenvalue weighted by atomic mass is 10.1. The molecule has 0 radical (unpaired) electrons. The van der Waals surface area contributed by atoms with Gasteiger partial charge in [-0.25, -0.2) is 8.42 Å². The standard InChI is InChI=1S/C13H13BrN2O2S/c1-9-3-4-12(5-10(9)2)16-19(17,18)13-6-11(14)7-15-8-13/h3-8,16H,1-2H3. The second kappa shape index (κ2) is 5.30. The fourth-order valence-electron chi connectivity index (χ4n) is 1.56. The summed E-state index contributed by atoms with van der Waals surface area (Å²) in [5.74, 6) is 0. The first-order valence-electron chi connectivity index (χ1n) is 5.59. The normalized spacial score (nSPS) is 11.3. The molecule has 1 N–H and O–H groups in total. The van der Waals surface area contributed by atoms with E-state index < -0.39 is 10.0 Å². The number of aromatic nitrogens is 1. The molecule has 0 amide bonds. The van der Waals surface area contributed by atoms with E-state index in [4.69, 9.17) is 0 Å². The molecular formula is C13H13BrN2O2S. The van der Waals surface area contributed by atoms with Crippen LogP contribution < -0.4 is 4.72 Å². The second-order valence-corrected chi connectivity index (χ2v) is 6.84. The number of benzene rings is 1. The predicted molar refractivity (Wildman–Crippen MR) is 78.7 cm³/mol. The Morgan fingerprint density at radius 3 is 2.47 bits per heavy atom. The minimum atomic E-state index is -3.61. The van der Waals surface area contributed by atoms with Crippen LogP contribution in [-0.2, 0) is 10.0 Å². The molecule has 0 fully saturated rings. The Labute approximate surface area is 121 Å². The number of nitrogens with one attached hydrogen (secondary N) is 1. The van der Waals surface area contributed by atoms with E-state index in [9.17, 15) is 8.42 Å². The molecule has 0 atom stereocenters. The van der Waals surface area contributed by atoms with Crippen LogP contribution >= 0.6 is 15.9 Å². The summed E-state index contributed by atoms with van der Waals surface area (Å²) >= 11 is 3.21. The van der Waals surface area contributed by atoms with Gasteiger partial charge >= 0.3 is 0 Å². The van der Waals surface area contributed by atoms with E-state index in [-0.39, 0.29) is 4.90 Å². The zero-order chi connectivity index (χ0) is 14.0. The van der Waals surface area contributed by atoms with E-state index in [1.165, 1.54) is 18.5 Å². The summed E-state index contributed by atoms with van der Waals surface area (Å²) in [6, 6.07) is 6.94. The Hall–Kier alpha value is -1.40. The van der Waals surface area contributed by atoms with E-state index in [1.807, 2.05) is 19.9 Å². The molecule has 0 saturated heterocycles. The Balaban J connectivity index is 2.33. The van der Waals surface area contributed by atoms with Crippen molar-refractivity contribution in [1.82, 2.24) is 4.98 Å². The number of hydrogen-bond acceptors (Lipinski definition) is 3. The third-order valence-electron chi connectivity index (χ3n) is 2.75. The van der Waals surface area contributed by atoms with E-state index in [2.05, 4.69) is 25.6 Å². The van der Waals surface area contributed by atoms with Crippen LogP contribution in [0.25, 0.3) is 0 Å². The van der Waals surface area contributed by atoms with E-state index in [0.29, 0.717) is 10.2 Å². The smallest absolute Gasteiger partial charge is 0.263 e. The first-order chi connectivity index (χ1) is 8.88. The molecule has 0 aliphatic rings. The summed E-state index contributed by atoms with van der Waals surface area (Å²) in [7, 11) is -3.61. The maximum Gasteiger partial charge on any atom is 0.263 e. The van der Waals surface area contributed by atoms with Gasteiger partial charge in [-0.15, -0.1) is 0 Å². The van der Waals surface area contributed by atoms with Gasteiger partial charge in [-0.3, -0.25) is 9.71 Å². The monoisotopic (exact) mass is 340 g/mol. The lowest BCUT2D eigenvalue weighted by Gasteiger charge is -2.09. The summed E-state index contributed by atoms with van der Waals surface area (Å²) in [4.78, 5) is 3.98. The fourth-order valence-corrected chi connectivity index (χ4v) is 3.11. The molecule has 0 aliphatic heterocycles. The Kier molecular flexibility index (Phi) is 3.91. The molecule has 2 aromatic rings. The number of anilines is 1. The van der Waals surface area contributed by atoms with Crippen molar-refractivity contribution in [3.63, 3.8) is 0 Å². The molecule has 2 rings (SSSR count). The van der Waals surface area contributed by atoms with Crippen LogP contribution in [0, 0.1) is 13.8 Å². The molecule has 0 aliphatic carbocycles. The number of pyridine rings is 1. The van der Waals surface area contributed by atoms with Gasteiger partial charge in [-0.1, -0.05) is 6.07 Å². The van der Waals surface area contributed by atoms with Gasteiger partial charge < -0.3 is 0 Å². The summed E-state index contributed by atoms with van der Waals surface area (Å²) in [5.41, 5.74) is 2.70. The molecule has 4 nitrogen and oxygen atoms in total. The maximum atomic E-state index is 12.2. The average molecular weight is 341 g/mol. The van der Waals surface area contributed by atoms with E-state index >= 15 is 0 Å². The van der Waals surface area contributed by atoms with Crippen molar-refractivity contribution in [3.05, 3.63) is 52.3 Å². The third kappa shape index (κ3) is 3.33. The van der Waals surface area contributed by atoms with Gasteiger partial charge in [0.15, 0.2) is 0 Å². The minimum absolute atomic E-state index is 0.125. The highest BCUT2D eigenvalue weighted by molar-refractivity contribution is 9.10. The van der Waals surface area contributed by atoms with Crippen molar-refractivity contribution in [3.8, 4) is 0 Å². The predicted octanol–water partition coefficient (Wildman–Crippen LogP) is 3.26. The van der Waals surface area contributed by atoms with Gasteiger partial charge in [0, 0.05) is 22.6 Å². The van der Waals surface area contributed by atoms with Crippen LogP contribution in [0.1, 0.15) is 11.1 Å². The van der Waals surface area contributed by atoms with Gasteiger partial charge in [0.1, 0.15) is 4.90 Å². The highest BCUT2D eigenvalue weighted by Gasteiger charge is 2.15. The first-order valence-corrected chi connectivity index (χ1v) is 7.87. The first kappa shape index (κ1) is 14.0. The minimum Gasteiger partial charge on any atom is -0.280 e. The van der Waals surface area contributed by atoms with Crippen LogP contribution in [-0.4, -0.2) is 13.4 Å². The van der Waals surface area contributed by atoms with Gasteiger partial charge in [-0.2, -0.15) is 0 Å². The topological polar surface area (TPSA) is 59.1 Å². The maximum absolute atomic E-state index is 12.2. The molecule has 6 heteroatoms. The number of halogens is 1. The zero-order valence-corrected chi connectivity index (χ0v) is 12.9.